The molecule has 2 N–H and O–H groups in total. The van der Waals surface area contributed by atoms with Crippen LogP contribution >= 0.6 is 0 Å². The average molecular weight is 223 g/mol. The Morgan fingerprint density at radius 1 is 1.44 bits per heavy atom. The van der Waals surface area contributed by atoms with Crippen LogP contribution in [0.3, 0.4) is 0 Å². The van der Waals surface area contributed by atoms with Crippen molar-refractivity contribution in [1.82, 2.24) is 10.1 Å². The van der Waals surface area contributed by atoms with Crippen molar-refractivity contribution >= 4 is 0 Å². The van der Waals surface area contributed by atoms with Crippen LogP contribution in [0.4, 0.5) is 0 Å². The van der Waals surface area contributed by atoms with Gasteiger partial charge in [0.15, 0.2) is 5.82 Å². The van der Waals surface area contributed by atoms with Gasteiger partial charge in [-0.2, -0.15) is 4.98 Å². The molecule has 4 heteroatoms. The summed E-state index contributed by atoms with van der Waals surface area (Å²) in [7, 11) is 0. The van der Waals surface area contributed by atoms with Gasteiger partial charge in [0.05, 0.1) is 0 Å². The first-order valence-corrected chi connectivity index (χ1v) is 6.37. The molecule has 1 fully saturated rings. The van der Waals surface area contributed by atoms with Crippen molar-refractivity contribution in [3.63, 3.8) is 0 Å². The second kappa shape index (κ2) is 5.43. The largest absolute Gasteiger partial charge is 0.339 e. The summed E-state index contributed by atoms with van der Waals surface area (Å²) < 4.78 is 5.25. The molecule has 0 aromatic carbocycles. The van der Waals surface area contributed by atoms with E-state index in [0.717, 1.165) is 18.7 Å². The summed E-state index contributed by atoms with van der Waals surface area (Å²) in [5, 5.41) is 4.07. The molecule has 90 valence electrons. The highest BCUT2D eigenvalue weighted by atomic mass is 16.5. The monoisotopic (exact) mass is 223 g/mol. The van der Waals surface area contributed by atoms with E-state index in [1.165, 1.54) is 25.7 Å². The summed E-state index contributed by atoms with van der Waals surface area (Å²) in [6.07, 6.45) is 7.84. The van der Waals surface area contributed by atoms with E-state index in [9.17, 15) is 0 Å². The summed E-state index contributed by atoms with van der Waals surface area (Å²) in [6, 6.07) is 0.155. The van der Waals surface area contributed by atoms with Crippen LogP contribution in [0.5, 0.6) is 0 Å². The molecular formula is C12H21N3O. The second-order valence-corrected chi connectivity index (χ2v) is 4.78. The normalized spacial score (nSPS) is 19.1. The van der Waals surface area contributed by atoms with Gasteiger partial charge in [-0.15, -0.1) is 0 Å². The van der Waals surface area contributed by atoms with Crippen molar-refractivity contribution < 1.29 is 4.52 Å². The fourth-order valence-corrected chi connectivity index (χ4v) is 2.40. The maximum atomic E-state index is 5.95. The Hall–Kier alpha value is -0.900. The number of hydrogen-bond acceptors (Lipinski definition) is 4. The highest BCUT2D eigenvalue weighted by Gasteiger charge is 2.22. The fraction of sp³-hybridized carbons (Fsp3) is 0.833. The fourth-order valence-electron chi connectivity index (χ4n) is 2.40. The number of nitrogens with zero attached hydrogens (tertiary/aromatic N) is 2. The van der Waals surface area contributed by atoms with Crippen LogP contribution in [0.1, 0.15) is 63.1 Å². The molecule has 1 heterocycles. The van der Waals surface area contributed by atoms with Crippen LogP contribution < -0.4 is 5.73 Å². The molecular weight excluding hydrogens is 202 g/mol. The topological polar surface area (TPSA) is 64.9 Å². The Labute approximate surface area is 96.6 Å². The third-order valence-electron chi connectivity index (χ3n) is 3.30. The van der Waals surface area contributed by atoms with Gasteiger partial charge in [-0.05, 0) is 19.3 Å². The molecule has 1 aromatic rings. The third-order valence-corrected chi connectivity index (χ3v) is 3.30. The van der Waals surface area contributed by atoms with Crippen molar-refractivity contribution in [1.29, 1.82) is 0 Å². The van der Waals surface area contributed by atoms with Crippen LogP contribution in [0.2, 0.25) is 0 Å². The van der Waals surface area contributed by atoms with E-state index in [4.69, 9.17) is 10.3 Å². The lowest BCUT2D eigenvalue weighted by Gasteiger charge is -2.05. The first kappa shape index (κ1) is 11.6. The highest BCUT2D eigenvalue weighted by molar-refractivity contribution is 4.98. The van der Waals surface area contributed by atoms with E-state index >= 15 is 0 Å². The summed E-state index contributed by atoms with van der Waals surface area (Å²) in [4.78, 5) is 4.46. The molecule has 0 radical (unpaired) electrons. The molecule has 1 atom stereocenters. The lowest BCUT2D eigenvalue weighted by Crippen LogP contribution is -2.22. The Morgan fingerprint density at radius 2 is 2.19 bits per heavy atom. The molecule has 1 aliphatic carbocycles. The number of aromatic nitrogens is 2. The predicted molar refractivity (Wildman–Crippen MR) is 62.1 cm³/mol. The smallest absolute Gasteiger partial charge is 0.228 e. The summed E-state index contributed by atoms with van der Waals surface area (Å²) >= 11 is 0. The second-order valence-electron chi connectivity index (χ2n) is 4.78. The van der Waals surface area contributed by atoms with Crippen molar-refractivity contribution in [2.45, 2.75) is 63.8 Å². The number of rotatable bonds is 5. The lowest BCUT2D eigenvalue weighted by molar-refractivity contribution is 0.358. The molecule has 1 aromatic heterocycles. The first-order valence-electron chi connectivity index (χ1n) is 6.37. The number of hydrogen-bond donors (Lipinski definition) is 1. The van der Waals surface area contributed by atoms with Gasteiger partial charge in [0, 0.05) is 18.4 Å². The zero-order valence-corrected chi connectivity index (χ0v) is 9.98. The minimum atomic E-state index is 0.155. The summed E-state index contributed by atoms with van der Waals surface area (Å²) in [5.74, 6) is 2.14. The zero-order chi connectivity index (χ0) is 11.4. The zero-order valence-electron chi connectivity index (χ0n) is 9.98. The minimum Gasteiger partial charge on any atom is -0.339 e. The van der Waals surface area contributed by atoms with Crippen molar-refractivity contribution in [3.8, 4) is 0 Å². The van der Waals surface area contributed by atoms with Crippen molar-refractivity contribution in [2.75, 3.05) is 0 Å². The van der Waals surface area contributed by atoms with E-state index in [2.05, 4.69) is 17.1 Å². The quantitative estimate of drug-likeness (QED) is 0.832. The maximum absolute atomic E-state index is 5.95. The molecule has 0 bridgehead atoms. The summed E-state index contributed by atoms with van der Waals surface area (Å²) in [6.45, 7) is 2.14. The van der Waals surface area contributed by atoms with Crippen LogP contribution in [-0.4, -0.2) is 16.2 Å². The molecule has 0 aliphatic heterocycles. The van der Waals surface area contributed by atoms with Crippen LogP contribution in [0.25, 0.3) is 0 Å². The molecule has 1 unspecified atom stereocenters. The van der Waals surface area contributed by atoms with Crippen molar-refractivity contribution in [3.05, 3.63) is 11.7 Å². The predicted octanol–water partition coefficient (Wildman–Crippen LogP) is 2.40. The van der Waals surface area contributed by atoms with Gasteiger partial charge >= 0.3 is 0 Å². The number of nitrogens with two attached hydrogens (primary N) is 1. The first-order chi connectivity index (χ1) is 7.79. The third kappa shape index (κ3) is 2.82. The van der Waals surface area contributed by atoms with E-state index in [0.29, 0.717) is 18.2 Å². The van der Waals surface area contributed by atoms with Gasteiger partial charge in [0.1, 0.15) is 0 Å². The Balaban J connectivity index is 1.91. The highest BCUT2D eigenvalue weighted by Crippen LogP contribution is 2.32. The van der Waals surface area contributed by atoms with Crippen LogP contribution in [0, 0.1) is 0 Å². The van der Waals surface area contributed by atoms with E-state index in [-0.39, 0.29) is 6.04 Å². The molecule has 0 spiro atoms. The van der Waals surface area contributed by atoms with Gasteiger partial charge in [-0.3, -0.25) is 0 Å². The van der Waals surface area contributed by atoms with Gasteiger partial charge in [0.25, 0.3) is 0 Å². The van der Waals surface area contributed by atoms with Gasteiger partial charge in [-0.25, -0.2) is 0 Å². The van der Waals surface area contributed by atoms with Gasteiger partial charge in [-0.1, -0.05) is 31.3 Å². The molecule has 2 rings (SSSR count). The van der Waals surface area contributed by atoms with Crippen molar-refractivity contribution in [2.24, 2.45) is 5.73 Å². The Kier molecular flexibility index (Phi) is 3.93. The van der Waals surface area contributed by atoms with Gasteiger partial charge in [0.2, 0.25) is 5.89 Å². The molecule has 16 heavy (non-hydrogen) atoms. The SMILES string of the molecule is CCCC(N)Cc1nc(C2CCCC2)no1. The van der Waals surface area contributed by atoms with Gasteiger partial charge < -0.3 is 10.3 Å². The molecule has 4 nitrogen and oxygen atoms in total. The minimum absolute atomic E-state index is 0.155. The van der Waals surface area contributed by atoms with Crippen LogP contribution in [-0.2, 0) is 6.42 Å². The molecule has 0 amide bonds. The maximum Gasteiger partial charge on any atom is 0.228 e. The molecule has 1 aliphatic rings. The van der Waals surface area contributed by atoms with E-state index in [1.54, 1.807) is 0 Å². The summed E-state index contributed by atoms with van der Waals surface area (Å²) in [5.41, 5.74) is 5.95. The Morgan fingerprint density at radius 3 is 2.88 bits per heavy atom. The van der Waals surface area contributed by atoms with E-state index in [1.807, 2.05) is 0 Å². The molecule has 1 saturated carbocycles. The van der Waals surface area contributed by atoms with Crippen LogP contribution in [0.15, 0.2) is 4.52 Å². The lowest BCUT2D eigenvalue weighted by atomic mass is 10.1. The average Bonchev–Trinajstić information content (AvgIpc) is 2.86. The van der Waals surface area contributed by atoms with E-state index < -0.39 is 0 Å². The molecule has 0 saturated heterocycles. The standard InChI is InChI=1S/C12H21N3O/c1-2-5-10(13)8-11-14-12(15-16-11)9-6-3-4-7-9/h9-10H,2-8,13H2,1H3. The Bertz CT molecular complexity index is 318.